The summed E-state index contributed by atoms with van der Waals surface area (Å²) in [7, 11) is 1.54. The molecule has 0 fully saturated rings. The monoisotopic (exact) mass is 238 g/mol. The van der Waals surface area contributed by atoms with Gasteiger partial charge in [0.1, 0.15) is 5.75 Å². The Hall–Kier alpha value is -1.73. The van der Waals surface area contributed by atoms with Crippen LogP contribution in [0.1, 0.15) is 12.0 Å². The number of carbonyl (C=O) groups excluding carboxylic acids is 1. The first-order valence-electron chi connectivity index (χ1n) is 4.67. The highest BCUT2D eigenvalue weighted by Gasteiger charge is 2.04. The number of halogens is 1. The van der Waals surface area contributed by atoms with Gasteiger partial charge in [-0.3, -0.25) is 10.1 Å². The first-order valence-corrected chi connectivity index (χ1v) is 5.05. The van der Waals surface area contributed by atoms with Crippen LogP contribution in [0.15, 0.2) is 18.2 Å². The average molecular weight is 239 g/mol. The number of ether oxygens (including phenoxy) is 1. The van der Waals surface area contributed by atoms with Gasteiger partial charge < -0.3 is 4.74 Å². The smallest absolute Gasteiger partial charge is 0.233 e. The maximum absolute atomic E-state index is 11.0. The number of aryl methyl sites for hydroxylation is 1. The summed E-state index contributed by atoms with van der Waals surface area (Å²) in [6.45, 7) is 0. The Balaban J connectivity index is 2.59. The average Bonchev–Trinajstić information content (AvgIpc) is 2.27. The number of hydrogen-bond acceptors (Lipinski definition) is 3. The van der Waals surface area contributed by atoms with Crippen molar-refractivity contribution in [2.45, 2.75) is 12.8 Å². The Morgan fingerprint density at radius 3 is 2.94 bits per heavy atom. The molecule has 0 unspecified atom stereocenters. The highest BCUT2D eigenvalue weighted by molar-refractivity contribution is 6.32. The number of nitrogens with one attached hydrogen (secondary N) is 1. The number of benzene rings is 1. The first-order chi connectivity index (χ1) is 7.67. The summed E-state index contributed by atoms with van der Waals surface area (Å²) in [5.41, 5.74) is 0.930. The van der Waals surface area contributed by atoms with E-state index in [0.29, 0.717) is 17.2 Å². The van der Waals surface area contributed by atoms with Gasteiger partial charge in [-0.15, -0.1) is 0 Å². The number of carbonyl (C=O) groups is 1. The molecule has 1 aromatic rings. The minimum absolute atomic E-state index is 0.260. The van der Waals surface area contributed by atoms with Gasteiger partial charge in [-0.2, -0.15) is 5.26 Å². The molecule has 1 N–H and O–H groups in total. The molecule has 1 aromatic carbocycles. The van der Waals surface area contributed by atoms with Crippen LogP contribution >= 0.6 is 11.6 Å². The van der Waals surface area contributed by atoms with Crippen LogP contribution in [0.5, 0.6) is 5.75 Å². The van der Waals surface area contributed by atoms with Gasteiger partial charge in [-0.05, 0) is 24.1 Å². The maximum Gasteiger partial charge on any atom is 0.233 e. The molecule has 0 heterocycles. The topological polar surface area (TPSA) is 62.1 Å². The van der Waals surface area contributed by atoms with Crippen molar-refractivity contribution in [3.05, 3.63) is 28.8 Å². The molecule has 0 aromatic heterocycles. The molecule has 1 amide bonds. The molecule has 0 spiro atoms. The van der Waals surface area contributed by atoms with Crippen molar-refractivity contribution in [2.24, 2.45) is 0 Å². The summed E-state index contributed by atoms with van der Waals surface area (Å²) in [5, 5.41) is 10.8. The third-order valence-electron chi connectivity index (χ3n) is 2.05. The molecule has 84 valence electrons. The number of amides is 1. The molecule has 0 saturated carbocycles. The Kier molecular flexibility index (Phi) is 4.62. The summed E-state index contributed by atoms with van der Waals surface area (Å²) in [4.78, 5) is 11.0. The van der Waals surface area contributed by atoms with Crippen molar-refractivity contribution >= 4 is 17.5 Å². The molecule has 16 heavy (non-hydrogen) atoms. The Morgan fingerprint density at radius 2 is 2.38 bits per heavy atom. The van der Waals surface area contributed by atoms with Crippen LogP contribution in [0.4, 0.5) is 0 Å². The van der Waals surface area contributed by atoms with E-state index in [0.717, 1.165) is 5.56 Å². The van der Waals surface area contributed by atoms with Crippen LogP contribution in [0, 0.1) is 11.5 Å². The molecule has 0 atom stereocenters. The van der Waals surface area contributed by atoms with Crippen LogP contribution in [-0.2, 0) is 11.2 Å². The fourth-order valence-electron chi connectivity index (χ4n) is 1.25. The van der Waals surface area contributed by atoms with E-state index in [1.54, 1.807) is 25.4 Å². The van der Waals surface area contributed by atoms with E-state index in [1.165, 1.54) is 0 Å². The highest BCUT2D eigenvalue weighted by Crippen LogP contribution is 2.25. The zero-order valence-electron chi connectivity index (χ0n) is 8.79. The number of nitrogens with zero attached hydrogens (tertiary/aromatic N) is 1. The minimum atomic E-state index is -0.297. The van der Waals surface area contributed by atoms with E-state index in [9.17, 15) is 4.79 Å². The SMILES string of the molecule is COc1ccc(CCC(=O)NC#N)cc1Cl. The Labute approximate surface area is 98.8 Å². The van der Waals surface area contributed by atoms with E-state index >= 15 is 0 Å². The van der Waals surface area contributed by atoms with Gasteiger partial charge in [0, 0.05) is 6.42 Å². The predicted octanol–water partition coefficient (Wildman–Crippen LogP) is 1.88. The van der Waals surface area contributed by atoms with Crippen molar-refractivity contribution in [3.8, 4) is 11.9 Å². The zero-order valence-corrected chi connectivity index (χ0v) is 9.54. The zero-order chi connectivity index (χ0) is 12.0. The van der Waals surface area contributed by atoms with Gasteiger partial charge in [0.05, 0.1) is 12.1 Å². The van der Waals surface area contributed by atoms with Crippen molar-refractivity contribution < 1.29 is 9.53 Å². The molecule has 0 saturated heterocycles. The predicted molar refractivity (Wildman–Crippen MR) is 60.1 cm³/mol. The van der Waals surface area contributed by atoms with Crippen molar-refractivity contribution in [2.75, 3.05) is 7.11 Å². The lowest BCUT2D eigenvalue weighted by Crippen LogP contribution is -2.17. The third-order valence-corrected chi connectivity index (χ3v) is 2.35. The van der Waals surface area contributed by atoms with Gasteiger partial charge in [-0.25, -0.2) is 0 Å². The molecular formula is C11H11ClN2O2. The van der Waals surface area contributed by atoms with E-state index in [2.05, 4.69) is 5.32 Å². The fraction of sp³-hybridized carbons (Fsp3) is 0.273. The molecule has 0 bridgehead atoms. The number of nitriles is 1. The van der Waals surface area contributed by atoms with E-state index in [1.807, 2.05) is 6.07 Å². The molecule has 5 heteroatoms. The summed E-state index contributed by atoms with van der Waals surface area (Å²) in [6.07, 6.45) is 2.39. The van der Waals surface area contributed by atoms with Gasteiger partial charge in [-0.1, -0.05) is 17.7 Å². The molecule has 1 rings (SSSR count). The van der Waals surface area contributed by atoms with Gasteiger partial charge >= 0.3 is 0 Å². The van der Waals surface area contributed by atoms with Crippen LogP contribution < -0.4 is 10.1 Å². The second kappa shape index (κ2) is 5.99. The summed E-state index contributed by atoms with van der Waals surface area (Å²) < 4.78 is 5.01. The van der Waals surface area contributed by atoms with Crippen molar-refractivity contribution in [3.63, 3.8) is 0 Å². The molecule has 0 aliphatic carbocycles. The lowest BCUT2D eigenvalue weighted by molar-refractivity contribution is -0.119. The molecule has 0 aliphatic rings. The van der Waals surface area contributed by atoms with Crippen LogP contribution in [0.2, 0.25) is 5.02 Å². The van der Waals surface area contributed by atoms with Crippen LogP contribution in [-0.4, -0.2) is 13.0 Å². The quantitative estimate of drug-likeness (QED) is 0.644. The third kappa shape index (κ3) is 3.44. The van der Waals surface area contributed by atoms with Crippen molar-refractivity contribution in [1.82, 2.24) is 5.32 Å². The van der Waals surface area contributed by atoms with E-state index < -0.39 is 0 Å². The Morgan fingerprint density at radius 1 is 1.62 bits per heavy atom. The van der Waals surface area contributed by atoms with Gasteiger partial charge in [0.15, 0.2) is 6.19 Å². The molecule has 0 radical (unpaired) electrons. The van der Waals surface area contributed by atoms with E-state index in [-0.39, 0.29) is 12.3 Å². The summed E-state index contributed by atoms with van der Waals surface area (Å²) in [5.74, 6) is 0.307. The number of hydrogen-bond donors (Lipinski definition) is 1. The van der Waals surface area contributed by atoms with Gasteiger partial charge in [0.25, 0.3) is 0 Å². The normalized spacial score (nSPS) is 9.31. The van der Waals surface area contributed by atoms with Crippen molar-refractivity contribution in [1.29, 1.82) is 5.26 Å². The van der Waals surface area contributed by atoms with E-state index in [4.69, 9.17) is 21.6 Å². The lowest BCUT2D eigenvalue weighted by atomic mass is 10.1. The lowest BCUT2D eigenvalue weighted by Gasteiger charge is -2.05. The second-order valence-electron chi connectivity index (χ2n) is 3.13. The van der Waals surface area contributed by atoms with Gasteiger partial charge in [0.2, 0.25) is 5.91 Å². The fourth-order valence-corrected chi connectivity index (χ4v) is 1.53. The molecule has 0 aliphatic heterocycles. The van der Waals surface area contributed by atoms with Crippen LogP contribution in [0.3, 0.4) is 0 Å². The summed E-state index contributed by atoms with van der Waals surface area (Å²) in [6, 6.07) is 5.34. The maximum atomic E-state index is 11.0. The molecule has 4 nitrogen and oxygen atoms in total. The largest absolute Gasteiger partial charge is 0.495 e. The number of rotatable bonds is 4. The standard InChI is InChI=1S/C11H11ClN2O2/c1-16-10-4-2-8(6-9(10)12)3-5-11(15)14-7-13/h2,4,6H,3,5H2,1H3,(H,14,15). The second-order valence-corrected chi connectivity index (χ2v) is 3.54. The van der Waals surface area contributed by atoms with Crippen LogP contribution in [0.25, 0.3) is 0 Å². The highest BCUT2D eigenvalue weighted by atomic mass is 35.5. The summed E-state index contributed by atoms with van der Waals surface area (Å²) >= 11 is 5.93. The minimum Gasteiger partial charge on any atom is -0.495 e. The Bertz CT molecular complexity index is 426. The molecular weight excluding hydrogens is 228 g/mol. The number of methoxy groups -OCH3 is 1. The first kappa shape index (κ1) is 12.3.